The fraction of sp³-hybridized carbons (Fsp3) is 0.316. The van der Waals surface area contributed by atoms with E-state index in [1.807, 2.05) is 17.8 Å². The van der Waals surface area contributed by atoms with Crippen LogP contribution in [0.25, 0.3) is 10.6 Å². The first-order valence-corrected chi connectivity index (χ1v) is 9.57. The summed E-state index contributed by atoms with van der Waals surface area (Å²) in [4.78, 5) is 16.4. The van der Waals surface area contributed by atoms with E-state index in [1.165, 1.54) is 23.5 Å². The van der Waals surface area contributed by atoms with Crippen molar-refractivity contribution in [1.29, 1.82) is 0 Å². The molecule has 28 heavy (non-hydrogen) atoms. The molecule has 0 saturated heterocycles. The fourth-order valence-electron chi connectivity index (χ4n) is 2.61. The van der Waals surface area contributed by atoms with Crippen LogP contribution in [0.2, 0.25) is 0 Å². The number of thiazole rings is 1. The van der Waals surface area contributed by atoms with Crippen LogP contribution in [0.15, 0.2) is 42.0 Å². The van der Waals surface area contributed by atoms with E-state index in [9.17, 15) is 18.0 Å². The number of aromatic nitrogens is 3. The summed E-state index contributed by atoms with van der Waals surface area (Å²) < 4.78 is 39.7. The molecule has 0 aliphatic carbocycles. The van der Waals surface area contributed by atoms with E-state index in [-0.39, 0.29) is 12.3 Å². The zero-order chi connectivity index (χ0) is 20.1. The summed E-state index contributed by atoms with van der Waals surface area (Å²) in [6, 6.07) is 4.85. The molecule has 0 fully saturated rings. The number of benzene rings is 1. The van der Waals surface area contributed by atoms with Gasteiger partial charge in [0.1, 0.15) is 5.01 Å². The molecule has 0 radical (unpaired) electrons. The van der Waals surface area contributed by atoms with Crippen LogP contribution < -0.4 is 5.32 Å². The molecule has 3 rings (SSSR count). The van der Waals surface area contributed by atoms with Crippen LogP contribution in [0.3, 0.4) is 0 Å². The van der Waals surface area contributed by atoms with Gasteiger partial charge >= 0.3 is 6.18 Å². The SMILES string of the molecule is Cc1cnn(CCCNC(=O)Cc2csc(-c3ccc(C(F)(F)F)cc3)n2)c1. The van der Waals surface area contributed by atoms with Crippen LogP contribution in [-0.2, 0) is 23.9 Å². The zero-order valence-electron chi connectivity index (χ0n) is 15.2. The van der Waals surface area contributed by atoms with Gasteiger partial charge in [0, 0.05) is 30.2 Å². The molecule has 0 spiro atoms. The Morgan fingerprint density at radius 3 is 2.64 bits per heavy atom. The van der Waals surface area contributed by atoms with Crippen LogP contribution in [0.1, 0.15) is 23.2 Å². The molecular formula is C19H19F3N4OS. The van der Waals surface area contributed by atoms with Crippen LogP contribution in [0, 0.1) is 6.92 Å². The van der Waals surface area contributed by atoms with Gasteiger partial charge in [-0.25, -0.2) is 4.98 Å². The summed E-state index contributed by atoms with van der Waals surface area (Å²) in [6.07, 6.45) is 0.272. The Labute approximate surface area is 164 Å². The van der Waals surface area contributed by atoms with Crippen molar-refractivity contribution in [1.82, 2.24) is 20.1 Å². The summed E-state index contributed by atoms with van der Waals surface area (Å²) in [5.74, 6) is -0.138. The van der Waals surface area contributed by atoms with Gasteiger partial charge in [0.2, 0.25) is 5.91 Å². The predicted octanol–water partition coefficient (Wildman–Crippen LogP) is 4.08. The van der Waals surface area contributed by atoms with E-state index in [2.05, 4.69) is 15.4 Å². The van der Waals surface area contributed by atoms with E-state index < -0.39 is 11.7 Å². The van der Waals surface area contributed by atoms with Gasteiger partial charge < -0.3 is 5.32 Å². The molecule has 1 N–H and O–H groups in total. The summed E-state index contributed by atoms with van der Waals surface area (Å²) in [5, 5.41) is 9.36. The van der Waals surface area contributed by atoms with Gasteiger partial charge in [-0.1, -0.05) is 12.1 Å². The zero-order valence-corrected chi connectivity index (χ0v) is 16.0. The smallest absolute Gasteiger partial charge is 0.356 e. The monoisotopic (exact) mass is 408 g/mol. The average Bonchev–Trinajstić information content (AvgIpc) is 3.27. The lowest BCUT2D eigenvalue weighted by molar-refractivity contribution is -0.137. The van der Waals surface area contributed by atoms with Gasteiger partial charge in [-0.3, -0.25) is 9.48 Å². The number of nitrogens with one attached hydrogen (secondary N) is 1. The molecular weight excluding hydrogens is 389 g/mol. The molecule has 1 amide bonds. The van der Waals surface area contributed by atoms with Crippen molar-refractivity contribution in [2.24, 2.45) is 0 Å². The minimum Gasteiger partial charge on any atom is -0.356 e. The molecule has 5 nitrogen and oxygen atoms in total. The van der Waals surface area contributed by atoms with E-state index >= 15 is 0 Å². The van der Waals surface area contributed by atoms with Gasteiger partial charge in [0.15, 0.2) is 0 Å². The maximum Gasteiger partial charge on any atom is 0.416 e. The van der Waals surface area contributed by atoms with Gasteiger partial charge in [-0.15, -0.1) is 11.3 Å². The van der Waals surface area contributed by atoms with E-state index in [4.69, 9.17) is 0 Å². The summed E-state index contributed by atoms with van der Waals surface area (Å²) in [7, 11) is 0. The van der Waals surface area contributed by atoms with E-state index in [0.717, 1.165) is 30.7 Å². The van der Waals surface area contributed by atoms with E-state index in [1.54, 1.807) is 11.6 Å². The molecule has 0 saturated carbocycles. The first-order valence-electron chi connectivity index (χ1n) is 8.69. The second kappa shape index (κ2) is 8.55. The van der Waals surface area contributed by atoms with Crippen molar-refractivity contribution in [3.05, 3.63) is 58.9 Å². The lowest BCUT2D eigenvalue weighted by atomic mass is 10.1. The Morgan fingerprint density at radius 1 is 1.25 bits per heavy atom. The van der Waals surface area contributed by atoms with Crippen molar-refractivity contribution in [2.45, 2.75) is 32.5 Å². The molecule has 2 heterocycles. The van der Waals surface area contributed by atoms with Crippen LogP contribution in [0.4, 0.5) is 13.2 Å². The molecule has 0 aliphatic rings. The molecule has 9 heteroatoms. The topological polar surface area (TPSA) is 59.8 Å². The lowest BCUT2D eigenvalue weighted by Crippen LogP contribution is -2.27. The number of aryl methyl sites for hydroxylation is 2. The molecule has 0 atom stereocenters. The highest BCUT2D eigenvalue weighted by atomic mass is 32.1. The maximum absolute atomic E-state index is 12.6. The molecule has 0 bridgehead atoms. The van der Waals surface area contributed by atoms with Crippen molar-refractivity contribution in [3.8, 4) is 10.6 Å². The Hall–Kier alpha value is -2.68. The standard InChI is InChI=1S/C19H19F3N4OS/c1-13-10-24-26(11-13)8-2-7-23-17(27)9-16-12-28-18(25-16)14-3-5-15(6-4-14)19(20,21)22/h3-6,10-12H,2,7-9H2,1H3,(H,23,27). The fourth-order valence-corrected chi connectivity index (χ4v) is 3.43. The average molecular weight is 408 g/mol. The number of amides is 1. The number of alkyl halides is 3. The van der Waals surface area contributed by atoms with Crippen LogP contribution >= 0.6 is 11.3 Å². The third-order valence-electron chi connectivity index (χ3n) is 4.00. The van der Waals surface area contributed by atoms with E-state index in [0.29, 0.717) is 22.8 Å². The number of rotatable bonds is 7. The maximum atomic E-state index is 12.6. The Kier molecular flexibility index (Phi) is 6.13. The van der Waals surface area contributed by atoms with Crippen molar-refractivity contribution in [2.75, 3.05) is 6.54 Å². The molecule has 3 aromatic rings. The lowest BCUT2D eigenvalue weighted by Gasteiger charge is -2.06. The molecule has 2 aromatic heterocycles. The van der Waals surface area contributed by atoms with Crippen molar-refractivity contribution < 1.29 is 18.0 Å². The minimum atomic E-state index is -4.36. The normalized spacial score (nSPS) is 11.6. The van der Waals surface area contributed by atoms with Crippen LogP contribution in [-0.4, -0.2) is 27.2 Å². The highest BCUT2D eigenvalue weighted by Crippen LogP contribution is 2.31. The van der Waals surface area contributed by atoms with Crippen molar-refractivity contribution in [3.63, 3.8) is 0 Å². The summed E-state index contributed by atoms with van der Waals surface area (Å²) in [5.41, 5.74) is 1.59. The third-order valence-corrected chi connectivity index (χ3v) is 4.94. The van der Waals surface area contributed by atoms with Gasteiger partial charge in [0.25, 0.3) is 0 Å². The second-order valence-electron chi connectivity index (χ2n) is 6.38. The quantitative estimate of drug-likeness (QED) is 0.599. The number of nitrogens with zero attached hydrogens (tertiary/aromatic N) is 3. The predicted molar refractivity (Wildman–Crippen MR) is 101 cm³/mol. The van der Waals surface area contributed by atoms with Crippen LogP contribution in [0.5, 0.6) is 0 Å². The minimum absolute atomic E-state index is 0.137. The molecule has 0 aliphatic heterocycles. The second-order valence-corrected chi connectivity index (χ2v) is 7.24. The summed E-state index contributed by atoms with van der Waals surface area (Å²) >= 11 is 1.30. The Morgan fingerprint density at radius 2 is 2.00 bits per heavy atom. The third kappa shape index (κ3) is 5.41. The van der Waals surface area contributed by atoms with Gasteiger partial charge in [0.05, 0.1) is 23.9 Å². The first kappa shape index (κ1) is 20.1. The van der Waals surface area contributed by atoms with Gasteiger partial charge in [-0.05, 0) is 31.0 Å². The van der Waals surface area contributed by atoms with Crippen molar-refractivity contribution >= 4 is 17.2 Å². The number of hydrogen-bond donors (Lipinski definition) is 1. The number of carbonyl (C=O) groups excluding carboxylic acids is 1. The van der Waals surface area contributed by atoms with Gasteiger partial charge in [-0.2, -0.15) is 18.3 Å². The number of carbonyl (C=O) groups is 1. The highest BCUT2D eigenvalue weighted by molar-refractivity contribution is 7.13. The largest absolute Gasteiger partial charge is 0.416 e. The summed E-state index contributed by atoms with van der Waals surface area (Å²) in [6.45, 7) is 3.23. The molecule has 148 valence electrons. The number of halogens is 3. The molecule has 0 unspecified atom stereocenters. The highest BCUT2D eigenvalue weighted by Gasteiger charge is 2.30. The Bertz CT molecular complexity index is 931. The Balaban J connectivity index is 1.47. The first-order chi connectivity index (χ1) is 13.3. The molecule has 1 aromatic carbocycles. The number of hydrogen-bond acceptors (Lipinski definition) is 4.